The zero-order chi connectivity index (χ0) is 18.1. The highest BCUT2D eigenvalue weighted by Crippen LogP contribution is 2.29. The van der Waals surface area contributed by atoms with E-state index in [1.807, 2.05) is 0 Å². The number of primary amides is 1. The summed E-state index contributed by atoms with van der Waals surface area (Å²) in [4.78, 5) is 32.8. The van der Waals surface area contributed by atoms with Crippen molar-refractivity contribution in [2.24, 2.45) is 5.73 Å². The fraction of sp³-hybridized carbons (Fsp3) is 0.200. The molecule has 0 radical (unpaired) electrons. The van der Waals surface area contributed by atoms with Crippen LogP contribution in [0.3, 0.4) is 0 Å². The van der Waals surface area contributed by atoms with E-state index in [-0.39, 0.29) is 17.1 Å². The summed E-state index contributed by atoms with van der Waals surface area (Å²) in [7, 11) is 0. The van der Waals surface area contributed by atoms with Crippen LogP contribution in [-0.2, 0) is 9.59 Å². The van der Waals surface area contributed by atoms with Crippen LogP contribution < -0.4 is 20.5 Å². The molecule has 9 nitrogen and oxygen atoms in total. The molecule has 3 amide bonds. The number of imide groups is 1. The second kappa shape index (κ2) is 8.79. The molecule has 0 saturated heterocycles. The number of carbonyl (C=O) groups excluding carboxylic acids is 2. The van der Waals surface area contributed by atoms with Gasteiger partial charge in [0.25, 0.3) is 5.91 Å². The Bertz CT molecular complexity index is 720. The zero-order valence-electron chi connectivity index (χ0n) is 12.7. The van der Waals surface area contributed by atoms with E-state index in [1.165, 1.54) is 24.3 Å². The van der Waals surface area contributed by atoms with Gasteiger partial charge in [0.1, 0.15) is 11.6 Å². The molecule has 0 aromatic heterocycles. The van der Waals surface area contributed by atoms with Gasteiger partial charge in [0.2, 0.25) is 0 Å². The summed E-state index contributed by atoms with van der Waals surface area (Å²) in [5.41, 5.74) is 4.91. The summed E-state index contributed by atoms with van der Waals surface area (Å²) < 4.78 is 10.4. The van der Waals surface area contributed by atoms with Gasteiger partial charge in [-0.25, -0.2) is 9.59 Å². The summed E-state index contributed by atoms with van der Waals surface area (Å²) >= 11 is 0. The van der Waals surface area contributed by atoms with Crippen molar-refractivity contribution in [1.82, 2.24) is 5.32 Å². The van der Waals surface area contributed by atoms with Crippen molar-refractivity contribution in [3.05, 3.63) is 29.3 Å². The number of carbonyl (C=O) groups is 3. The molecule has 0 aliphatic heterocycles. The number of hydrogen-bond acceptors (Lipinski definition) is 6. The molecule has 0 aliphatic rings. The molecule has 0 unspecified atom stereocenters. The molecule has 1 aromatic carbocycles. The first-order valence-corrected chi connectivity index (χ1v) is 6.71. The monoisotopic (exact) mass is 333 g/mol. The third kappa shape index (κ3) is 5.69. The fourth-order valence-corrected chi connectivity index (χ4v) is 1.64. The summed E-state index contributed by atoms with van der Waals surface area (Å²) in [6, 6.07) is 4.99. The van der Waals surface area contributed by atoms with Gasteiger partial charge in [0.05, 0.1) is 6.61 Å². The number of amides is 3. The average molecular weight is 333 g/mol. The summed E-state index contributed by atoms with van der Waals surface area (Å²) in [5, 5.41) is 19.4. The van der Waals surface area contributed by atoms with Crippen molar-refractivity contribution in [3.8, 4) is 17.6 Å². The minimum absolute atomic E-state index is 0.205. The van der Waals surface area contributed by atoms with E-state index < -0.39 is 24.5 Å². The van der Waals surface area contributed by atoms with Crippen LogP contribution in [0, 0.1) is 11.3 Å². The first-order chi connectivity index (χ1) is 11.4. The first-order valence-electron chi connectivity index (χ1n) is 6.71. The van der Waals surface area contributed by atoms with Crippen molar-refractivity contribution in [1.29, 1.82) is 5.26 Å². The summed E-state index contributed by atoms with van der Waals surface area (Å²) in [5.74, 6) is -1.62. The third-order valence-corrected chi connectivity index (χ3v) is 2.53. The number of carboxylic acids is 1. The Morgan fingerprint density at radius 2 is 2.04 bits per heavy atom. The van der Waals surface area contributed by atoms with E-state index >= 15 is 0 Å². The van der Waals surface area contributed by atoms with Crippen molar-refractivity contribution in [2.75, 3.05) is 13.2 Å². The van der Waals surface area contributed by atoms with Crippen LogP contribution in [0.25, 0.3) is 6.08 Å². The second-order valence-electron chi connectivity index (χ2n) is 4.31. The Labute approximate surface area is 137 Å². The van der Waals surface area contributed by atoms with Gasteiger partial charge in [-0.15, -0.1) is 0 Å². The number of nitrogens with one attached hydrogen (secondary N) is 1. The standard InChI is InChI=1S/C15H15N3O6/c1-2-23-12-6-9(3-4-11(12)24-8-13(19)20)5-10(7-16)14(21)18-15(17)22/h3-6H,2,8H2,1H3,(H,19,20)(H3,17,18,21,22)/b10-5-. The highest BCUT2D eigenvalue weighted by Gasteiger charge is 2.12. The van der Waals surface area contributed by atoms with Crippen molar-refractivity contribution in [3.63, 3.8) is 0 Å². The van der Waals surface area contributed by atoms with E-state index in [1.54, 1.807) is 18.3 Å². The number of ether oxygens (including phenoxy) is 2. The van der Waals surface area contributed by atoms with Crippen LogP contribution in [0.1, 0.15) is 12.5 Å². The topological polar surface area (TPSA) is 152 Å². The fourth-order valence-electron chi connectivity index (χ4n) is 1.64. The smallest absolute Gasteiger partial charge is 0.341 e. The Morgan fingerprint density at radius 1 is 1.33 bits per heavy atom. The number of nitrogens with zero attached hydrogens (tertiary/aromatic N) is 1. The maximum atomic E-state index is 11.6. The summed E-state index contributed by atoms with van der Waals surface area (Å²) in [6.07, 6.45) is 1.22. The molecule has 126 valence electrons. The molecular formula is C15H15N3O6. The van der Waals surface area contributed by atoms with E-state index in [2.05, 4.69) is 0 Å². The molecule has 1 aromatic rings. The van der Waals surface area contributed by atoms with Crippen molar-refractivity contribution >= 4 is 24.0 Å². The van der Waals surface area contributed by atoms with Gasteiger partial charge in [-0.2, -0.15) is 5.26 Å². The van der Waals surface area contributed by atoms with E-state index in [4.69, 9.17) is 25.6 Å². The molecule has 24 heavy (non-hydrogen) atoms. The quantitative estimate of drug-likeness (QED) is 0.489. The van der Waals surface area contributed by atoms with Crippen LogP contribution in [-0.4, -0.2) is 36.2 Å². The average Bonchev–Trinajstić information content (AvgIpc) is 2.51. The van der Waals surface area contributed by atoms with Gasteiger partial charge in [-0.1, -0.05) is 6.07 Å². The largest absolute Gasteiger partial charge is 0.490 e. The molecule has 0 bridgehead atoms. The zero-order valence-corrected chi connectivity index (χ0v) is 12.7. The number of nitrogens with two attached hydrogens (primary N) is 1. The van der Waals surface area contributed by atoms with Crippen LogP contribution in [0.4, 0.5) is 4.79 Å². The number of carboxylic acid groups (broad SMARTS) is 1. The lowest BCUT2D eigenvalue weighted by molar-refractivity contribution is -0.139. The molecule has 9 heteroatoms. The number of rotatable bonds is 7. The van der Waals surface area contributed by atoms with Crippen LogP contribution in [0.15, 0.2) is 23.8 Å². The normalized spacial score (nSPS) is 10.4. The van der Waals surface area contributed by atoms with Crippen molar-refractivity contribution < 1.29 is 29.0 Å². The molecule has 1 rings (SSSR count). The third-order valence-electron chi connectivity index (χ3n) is 2.53. The SMILES string of the molecule is CCOc1cc(/C=C(/C#N)C(=O)NC(N)=O)ccc1OCC(=O)O. The van der Waals surface area contributed by atoms with Gasteiger partial charge in [-0.3, -0.25) is 10.1 Å². The van der Waals surface area contributed by atoms with E-state index in [9.17, 15) is 14.4 Å². The highest BCUT2D eigenvalue weighted by atomic mass is 16.5. The molecule has 0 atom stereocenters. The number of urea groups is 1. The molecule has 4 N–H and O–H groups in total. The molecular weight excluding hydrogens is 318 g/mol. The minimum atomic E-state index is -1.14. The number of hydrogen-bond donors (Lipinski definition) is 3. The number of benzene rings is 1. The Kier molecular flexibility index (Phi) is 6.78. The predicted octanol–water partition coefficient (Wildman–Crippen LogP) is 0.651. The highest BCUT2D eigenvalue weighted by molar-refractivity contribution is 6.08. The van der Waals surface area contributed by atoms with Gasteiger partial charge < -0.3 is 20.3 Å². The van der Waals surface area contributed by atoms with Crippen molar-refractivity contribution in [2.45, 2.75) is 6.92 Å². The van der Waals surface area contributed by atoms with Crippen LogP contribution >= 0.6 is 0 Å². The predicted molar refractivity (Wildman–Crippen MR) is 82.1 cm³/mol. The lowest BCUT2D eigenvalue weighted by atomic mass is 10.1. The maximum Gasteiger partial charge on any atom is 0.341 e. The Balaban J connectivity index is 3.11. The molecule has 0 aliphatic carbocycles. The number of aliphatic carboxylic acids is 1. The van der Waals surface area contributed by atoms with E-state index in [0.717, 1.165) is 0 Å². The molecule has 0 fully saturated rings. The Hall–Kier alpha value is -3.54. The first kappa shape index (κ1) is 18.5. The molecule has 0 heterocycles. The summed E-state index contributed by atoms with van der Waals surface area (Å²) in [6.45, 7) is 1.48. The van der Waals surface area contributed by atoms with Gasteiger partial charge in [-0.05, 0) is 30.7 Å². The van der Waals surface area contributed by atoms with E-state index in [0.29, 0.717) is 12.2 Å². The lowest BCUT2D eigenvalue weighted by Crippen LogP contribution is -2.35. The van der Waals surface area contributed by atoms with Gasteiger partial charge in [0, 0.05) is 0 Å². The molecule has 0 saturated carbocycles. The second-order valence-corrected chi connectivity index (χ2v) is 4.31. The van der Waals surface area contributed by atoms with Crippen LogP contribution in [0.5, 0.6) is 11.5 Å². The number of nitriles is 1. The Morgan fingerprint density at radius 3 is 2.58 bits per heavy atom. The lowest BCUT2D eigenvalue weighted by Gasteiger charge is -2.11. The maximum absolute atomic E-state index is 11.6. The van der Waals surface area contributed by atoms with Gasteiger partial charge in [0.15, 0.2) is 18.1 Å². The van der Waals surface area contributed by atoms with Crippen LogP contribution in [0.2, 0.25) is 0 Å². The van der Waals surface area contributed by atoms with Gasteiger partial charge >= 0.3 is 12.0 Å². The minimum Gasteiger partial charge on any atom is -0.490 e. The molecule has 0 spiro atoms.